The summed E-state index contributed by atoms with van der Waals surface area (Å²) in [5.74, 6) is -0.260. The zero-order chi connectivity index (χ0) is 23.3. The van der Waals surface area contributed by atoms with Gasteiger partial charge in [-0.05, 0) is 54.6 Å². The molecule has 7 nitrogen and oxygen atoms in total. The number of benzene rings is 2. The molecule has 1 aliphatic rings. The Morgan fingerprint density at radius 3 is 2.56 bits per heavy atom. The van der Waals surface area contributed by atoms with Crippen LogP contribution in [0.1, 0.15) is 18.1 Å². The summed E-state index contributed by atoms with van der Waals surface area (Å²) in [7, 11) is 1.19. The number of rotatable bonds is 8. The highest BCUT2D eigenvalue weighted by atomic mass is 35.5. The number of imide groups is 1. The molecule has 1 fully saturated rings. The number of carbonyl (C=O) groups is 3. The molecule has 2 aromatic carbocycles. The molecule has 0 aromatic heterocycles. The van der Waals surface area contributed by atoms with Crippen molar-refractivity contribution in [3.63, 3.8) is 0 Å². The monoisotopic (exact) mass is 495 g/mol. The van der Waals surface area contributed by atoms with Crippen LogP contribution in [0.3, 0.4) is 0 Å². The van der Waals surface area contributed by atoms with Crippen molar-refractivity contribution in [2.45, 2.75) is 13.5 Å². The first-order valence-electron chi connectivity index (χ1n) is 9.48. The second-order valence-electron chi connectivity index (χ2n) is 6.51. The van der Waals surface area contributed by atoms with Crippen molar-refractivity contribution in [2.75, 3.05) is 20.3 Å². The van der Waals surface area contributed by atoms with Crippen molar-refractivity contribution in [2.24, 2.45) is 0 Å². The number of esters is 1. The topological polar surface area (TPSA) is 82.1 Å². The third kappa shape index (κ3) is 5.76. The number of thioether (sulfide) groups is 1. The van der Waals surface area contributed by atoms with Crippen molar-refractivity contribution in [1.82, 2.24) is 4.90 Å². The van der Waals surface area contributed by atoms with E-state index in [1.165, 1.54) is 7.11 Å². The lowest BCUT2D eigenvalue weighted by molar-refractivity contribution is -0.143. The van der Waals surface area contributed by atoms with Gasteiger partial charge in [-0.15, -0.1) is 0 Å². The SMILES string of the molecule is CCOc1cc(/C=C2/SC(=O)N(CC(=O)OC)C2=O)ccc1OCc1ccc(Cl)cc1Cl. The van der Waals surface area contributed by atoms with E-state index in [2.05, 4.69) is 4.74 Å². The van der Waals surface area contributed by atoms with Gasteiger partial charge in [0.15, 0.2) is 11.5 Å². The van der Waals surface area contributed by atoms with Crippen molar-refractivity contribution in [3.8, 4) is 11.5 Å². The number of ether oxygens (including phenoxy) is 3. The van der Waals surface area contributed by atoms with Crippen LogP contribution in [0.15, 0.2) is 41.3 Å². The van der Waals surface area contributed by atoms with Gasteiger partial charge in [0, 0.05) is 15.6 Å². The molecule has 1 saturated heterocycles. The average Bonchev–Trinajstić information content (AvgIpc) is 3.01. The van der Waals surface area contributed by atoms with Crippen LogP contribution in [-0.4, -0.2) is 42.3 Å². The van der Waals surface area contributed by atoms with Gasteiger partial charge < -0.3 is 14.2 Å². The Hall–Kier alpha value is -2.68. The molecule has 1 heterocycles. The fraction of sp³-hybridized carbons (Fsp3) is 0.227. The van der Waals surface area contributed by atoms with Gasteiger partial charge in [-0.1, -0.05) is 35.3 Å². The third-order valence-corrected chi connectivity index (χ3v) is 5.85. The number of nitrogens with zero attached hydrogens (tertiary/aromatic N) is 1. The Balaban J connectivity index is 1.78. The molecule has 0 unspecified atom stereocenters. The second kappa shape index (κ2) is 10.8. The average molecular weight is 496 g/mol. The van der Waals surface area contributed by atoms with Gasteiger partial charge >= 0.3 is 5.97 Å². The van der Waals surface area contributed by atoms with Crippen LogP contribution in [-0.2, 0) is 20.9 Å². The molecule has 1 aliphatic heterocycles. The molecule has 2 amide bonds. The molecule has 2 aromatic rings. The Labute approximate surface area is 199 Å². The lowest BCUT2D eigenvalue weighted by atomic mass is 10.1. The highest BCUT2D eigenvalue weighted by Gasteiger charge is 2.36. The van der Waals surface area contributed by atoms with Crippen molar-refractivity contribution in [1.29, 1.82) is 0 Å². The molecule has 10 heteroatoms. The van der Waals surface area contributed by atoms with Crippen LogP contribution in [0, 0.1) is 0 Å². The molecule has 0 radical (unpaired) electrons. The quantitative estimate of drug-likeness (QED) is 0.368. The van der Waals surface area contributed by atoms with Crippen LogP contribution in [0.25, 0.3) is 6.08 Å². The third-order valence-electron chi connectivity index (χ3n) is 4.35. The summed E-state index contributed by atoms with van der Waals surface area (Å²) in [6.07, 6.45) is 1.56. The summed E-state index contributed by atoms with van der Waals surface area (Å²) in [4.78, 5) is 37.1. The first-order valence-corrected chi connectivity index (χ1v) is 11.1. The van der Waals surface area contributed by atoms with Crippen LogP contribution in [0.2, 0.25) is 10.0 Å². The minimum Gasteiger partial charge on any atom is -0.490 e. The molecule has 0 N–H and O–H groups in total. The zero-order valence-corrected chi connectivity index (χ0v) is 19.6. The predicted molar refractivity (Wildman–Crippen MR) is 123 cm³/mol. The molecular weight excluding hydrogens is 477 g/mol. The summed E-state index contributed by atoms with van der Waals surface area (Å²) in [6.45, 7) is 2.02. The van der Waals surface area contributed by atoms with E-state index in [1.807, 2.05) is 6.92 Å². The van der Waals surface area contributed by atoms with Gasteiger partial charge in [0.2, 0.25) is 0 Å². The van der Waals surface area contributed by atoms with E-state index in [-0.39, 0.29) is 11.5 Å². The van der Waals surface area contributed by atoms with E-state index in [0.29, 0.717) is 33.7 Å². The Bertz CT molecular complexity index is 1090. The van der Waals surface area contributed by atoms with Crippen LogP contribution >= 0.6 is 35.0 Å². The van der Waals surface area contributed by atoms with Gasteiger partial charge in [-0.3, -0.25) is 19.3 Å². The standard InChI is InChI=1S/C22H19Cl2NO6S/c1-3-30-18-8-13(9-19-21(27)25(22(28)32-19)11-20(26)29-2)4-7-17(18)31-12-14-5-6-15(23)10-16(14)24/h4-10H,3,11-12H2,1-2H3/b19-9+. The van der Waals surface area contributed by atoms with E-state index in [1.54, 1.807) is 42.5 Å². The summed E-state index contributed by atoms with van der Waals surface area (Å²) in [5.41, 5.74) is 1.40. The summed E-state index contributed by atoms with van der Waals surface area (Å²) < 4.78 is 16.1. The van der Waals surface area contributed by atoms with Gasteiger partial charge in [0.25, 0.3) is 11.1 Å². The summed E-state index contributed by atoms with van der Waals surface area (Å²) in [5, 5.41) is 0.500. The molecule has 32 heavy (non-hydrogen) atoms. The van der Waals surface area contributed by atoms with Gasteiger partial charge in [0.1, 0.15) is 13.2 Å². The molecule has 0 bridgehead atoms. The van der Waals surface area contributed by atoms with E-state index in [0.717, 1.165) is 22.2 Å². The smallest absolute Gasteiger partial charge is 0.325 e. The highest BCUT2D eigenvalue weighted by molar-refractivity contribution is 8.18. The number of carbonyl (C=O) groups excluding carboxylic acids is 3. The van der Waals surface area contributed by atoms with Gasteiger partial charge in [0.05, 0.1) is 18.6 Å². The summed E-state index contributed by atoms with van der Waals surface area (Å²) >= 11 is 12.9. The maximum atomic E-state index is 12.5. The van der Waals surface area contributed by atoms with Gasteiger partial charge in [-0.25, -0.2) is 0 Å². The van der Waals surface area contributed by atoms with E-state index >= 15 is 0 Å². The van der Waals surface area contributed by atoms with Crippen LogP contribution < -0.4 is 9.47 Å². The van der Waals surface area contributed by atoms with Crippen molar-refractivity contribution >= 4 is 58.2 Å². The minimum atomic E-state index is -0.672. The molecule has 168 valence electrons. The molecule has 0 spiro atoms. The number of amides is 2. The lowest BCUT2D eigenvalue weighted by Crippen LogP contribution is -2.34. The Morgan fingerprint density at radius 1 is 1.09 bits per heavy atom. The van der Waals surface area contributed by atoms with Gasteiger partial charge in [-0.2, -0.15) is 0 Å². The molecule has 0 aliphatic carbocycles. The minimum absolute atomic E-state index is 0.197. The first kappa shape index (κ1) is 24.0. The highest BCUT2D eigenvalue weighted by Crippen LogP contribution is 2.35. The Kier molecular flexibility index (Phi) is 8.06. The predicted octanol–water partition coefficient (Wildman–Crippen LogP) is 5.18. The second-order valence-corrected chi connectivity index (χ2v) is 8.34. The largest absolute Gasteiger partial charge is 0.490 e. The van der Waals surface area contributed by atoms with Crippen molar-refractivity contribution < 1.29 is 28.6 Å². The van der Waals surface area contributed by atoms with Crippen molar-refractivity contribution in [3.05, 3.63) is 62.5 Å². The molecule has 0 saturated carbocycles. The zero-order valence-electron chi connectivity index (χ0n) is 17.2. The van der Waals surface area contributed by atoms with Crippen LogP contribution in [0.5, 0.6) is 11.5 Å². The molecule has 3 rings (SSSR count). The maximum Gasteiger partial charge on any atom is 0.325 e. The van der Waals surface area contributed by atoms with E-state index in [4.69, 9.17) is 32.7 Å². The van der Waals surface area contributed by atoms with E-state index in [9.17, 15) is 14.4 Å². The normalized spacial score (nSPS) is 14.8. The molecule has 0 atom stereocenters. The Morgan fingerprint density at radius 2 is 1.88 bits per heavy atom. The van der Waals surface area contributed by atoms with E-state index < -0.39 is 23.7 Å². The van der Waals surface area contributed by atoms with Crippen LogP contribution in [0.4, 0.5) is 4.79 Å². The number of methoxy groups -OCH3 is 1. The fourth-order valence-electron chi connectivity index (χ4n) is 2.78. The number of hydrogen-bond acceptors (Lipinski definition) is 7. The molecular formula is C22H19Cl2NO6S. The fourth-order valence-corrected chi connectivity index (χ4v) is 4.08. The lowest BCUT2D eigenvalue weighted by Gasteiger charge is -2.13. The maximum absolute atomic E-state index is 12.5. The first-order chi connectivity index (χ1) is 15.3. The number of hydrogen-bond donors (Lipinski definition) is 0. The number of halogens is 2. The summed E-state index contributed by atoms with van der Waals surface area (Å²) in [6, 6.07) is 10.3.